The Bertz CT molecular complexity index is 462. The van der Waals surface area contributed by atoms with Gasteiger partial charge in [0.15, 0.2) is 0 Å². The van der Waals surface area contributed by atoms with Crippen LogP contribution in [0.2, 0.25) is 0 Å². The summed E-state index contributed by atoms with van der Waals surface area (Å²) in [6, 6.07) is 0. The molecule has 0 spiro atoms. The molecule has 0 aromatic heterocycles. The first-order valence-corrected chi connectivity index (χ1v) is 15.2. The molecule has 0 amide bonds. The van der Waals surface area contributed by atoms with Gasteiger partial charge >= 0.3 is 18.1 Å². The number of hydrogen-bond acceptors (Lipinski definition) is 8. The largest absolute Gasteiger partial charge is 0.678 e. The van der Waals surface area contributed by atoms with Gasteiger partial charge in [-0.3, -0.25) is 0 Å². The summed E-state index contributed by atoms with van der Waals surface area (Å²) in [5.41, 5.74) is -3.10. The summed E-state index contributed by atoms with van der Waals surface area (Å²) in [5.74, 6) is 0. The lowest BCUT2D eigenvalue weighted by molar-refractivity contribution is -0.121. The summed E-state index contributed by atoms with van der Waals surface area (Å²) in [7, 11) is -7.31. The zero-order valence-electron chi connectivity index (χ0n) is 25.3. The Hall–Kier alpha value is 0.114. The molecular weight excluding hydrogens is 472 g/mol. The maximum Gasteiger partial charge on any atom is 0.678 e. The molecule has 0 unspecified atom stereocenters. The Morgan fingerprint density at radius 3 is 0.441 bits per heavy atom. The van der Waals surface area contributed by atoms with E-state index < -0.39 is 51.7 Å². The van der Waals surface area contributed by atoms with E-state index in [2.05, 4.69) is 0 Å². The van der Waals surface area contributed by atoms with Gasteiger partial charge in [0.25, 0.3) is 0 Å². The van der Waals surface area contributed by atoms with Crippen LogP contribution in [0.1, 0.15) is 125 Å². The molecule has 2 N–H and O–H groups in total. The monoisotopic (exact) mass is 528 g/mol. The van der Waals surface area contributed by atoms with Crippen molar-refractivity contribution < 1.29 is 36.1 Å². The van der Waals surface area contributed by atoms with Gasteiger partial charge in [0.1, 0.15) is 0 Å². The molecule has 10 heteroatoms. The van der Waals surface area contributed by atoms with Crippen molar-refractivity contribution in [2.24, 2.45) is 0 Å². The molecule has 0 aromatic rings. The highest BCUT2D eigenvalue weighted by molar-refractivity contribution is 6.52. The van der Waals surface area contributed by atoms with Crippen LogP contribution in [-0.4, -0.2) is 61.3 Å². The van der Waals surface area contributed by atoms with Crippen LogP contribution >= 0.6 is 0 Å². The third kappa shape index (κ3) is 23.8. The molecule has 208 valence electrons. The van der Waals surface area contributed by atoms with Gasteiger partial charge in [0, 0.05) is 0 Å². The number of hydrogen-bond donors (Lipinski definition) is 2. The van der Waals surface area contributed by atoms with Gasteiger partial charge in [0.05, 0.1) is 33.6 Å². The highest BCUT2D eigenvalue weighted by Gasteiger charge is 2.51. The van der Waals surface area contributed by atoms with Crippen molar-refractivity contribution >= 4 is 18.1 Å². The molecule has 0 aliphatic heterocycles. The van der Waals surface area contributed by atoms with E-state index in [1.165, 1.54) is 0 Å². The molecule has 0 aliphatic rings. The first-order valence-electron chi connectivity index (χ1n) is 11.9. The fraction of sp³-hybridized carbons (Fsp3) is 1.00. The Balaban J connectivity index is 0. The lowest BCUT2D eigenvalue weighted by Crippen LogP contribution is -2.57. The smallest absolute Gasteiger partial charge is 0.367 e. The van der Waals surface area contributed by atoms with Crippen LogP contribution in [0.25, 0.3) is 0 Å². The highest BCUT2D eigenvalue weighted by Crippen LogP contribution is 2.27. The quantitative estimate of drug-likeness (QED) is 0.423. The van der Waals surface area contributed by atoms with E-state index in [1.54, 1.807) is 0 Å². The van der Waals surface area contributed by atoms with Crippen LogP contribution in [0.15, 0.2) is 0 Å². The van der Waals surface area contributed by atoms with Crippen LogP contribution in [0.3, 0.4) is 0 Å². The predicted octanol–water partition coefficient (Wildman–Crippen LogP) is 5.72. The molecule has 0 fully saturated rings. The zero-order valence-corrected chi connectivity index (χ0v) is 27.3. The Labute approximate surface area is 212 Å². The van der Waals surface area contributed by atoms with Gasteiger partial charge < -0.3 is 36.1 Å². The van der Waals surface area contributed by atoms with Crippen molar-refractivity contribution in [3.63, 3.8) is 0 Å². The number of rotatable bonds is 6. The van der Waals surface area contributed by atoms with Crippen molar-refractivity contribution in [2.75, 3.05) is 0 Å². The van der Waals surface area contributed by atoms with E-state index in [4.69, 9.17) is 26.6 Å². The van der Waals surface area contributed by atoms with Gasteiger partial charge in [-0.05, 0) is 125 Å². The molecule has 0 atom stereocenters. The molecule has 0 aliphatic carbocycles. The first-order chi connectivity index (χ1) is 14.2. The Morgan fingerprint density at radius 2 is 0.382 bits per heavy atom. The van der Waals surface area contributed by atoms with Crippen LogP contribution in [-0.2, 0) is 26.6 Å². The van der Waals surface area contributed by atoms with Crippen molar-refractivity contribution in [3.05, 3.63) is 0 Å². The van der Waals surface area contributed by atoms with Crippen LogP contribution < -0.4 is 0 Å². The fourth-order valence-electron chi connectivity index (χ4n) is 2.45. The van der Waals surface area contributed by atoms with E-state index in [9.17, 15) is 9.59 Å². The van der Waals surface area contributed by atoms with Crippen molar-refractivity contribution in [2.45, 2.75) is 158 Å². The van der Waals surface area contributed by atoms with Crippen molar-refractivity contribution in [3.8, 4) is 0 Å². The van der Waals surface area contributed by atoms with Gasteiger partial charge in [0.2, 0.25) is 0 Å². The average Bonchev–Trinajstić information content (AvgIpc) is 2.20. The van der Waals surface area contributed by atoms with Crippen LogP contribution in [0.5, 0.6) is 0 Å². The van der Waals surface area contributed by atoms with Crippen molar-refractivity contribution in [1.82, 2.24) is 0 Å². The van der Waals surface area contributed by atoms with Crippen LogP contribution in [0, 0.1) is 0 Å². The summed E-state index contributed by atoms with van der Waals surface area (Å²) in [5, 5.41) is 0. The van der Waals surface area contributed by atoms with E-state index in [1.807, 2.05) is 125 Å². The van der Waals surface area contributed by atoms with Crippen LogP contribution in [0.4, 0.5) is 0 Å². The summed E-state index contributed by atoms with van der Waals surface area (Å²) >= 11 is 0. The minimum absolute atomic E-state index is 0.516. The Morgan fingerprint density at radius 1 is 0.294 bits per heavy atom. The molecule has 34 heavy (non-hydrogen) atoms. The van der Waals surface area contributed by atoms with E-state index in [0.29, 0.717) is 0 Å². The molecule has 0 saturated carbocycles. The minimum Gasteiger partial charge on any atom is -0.367 e. The summed E-state index contributed by atoms with van der Waals surface area (Å²) in [4.78, 5) is 21.0. The van der Waals surface area contributed by atoms with Gasteiger partial charge in [-0.2, -0.15) is 0 Å². The zero-order chi connectivity index (χ0) is 28.2. The molecule has 0 heterocycles. The second kappa shape index (κ2) is 11.7. The topological polar surface area (TPSA) is 95.8 Å². The Kier molecular flexibility index (Phi) is 12.4. The molecule has 0 saturated heterocycles. The fourth-order valence-corrected chi connectivity index (χ4v) is 7.34. The highest BCUT2D eigenvalue weighted by atomic mass is 28.4. The van der Waals surface area contributed by atoms with E-state index >= 15 is 0 Å². The van der Waals surface area contributed by atoms with E-state index in [0.717, 1.165) is 0 Å². The minimum atomic E-state index is -3.66. The SMILES string of the molecule is CC(C)(C)O[Si](O)(OC(C)(C)C)OC(C)(C)C.CC(C)(C)O[Si](O)(OC(C)(C)C)OC(C)(C)C. The average molecular weight is 529 g/mol. The molecule has 0 bridgehead atoms. The molecule has 0 radical (unpaired) electrons. The molecular formula is C24H56O8Si2. The summed E-state index contributed by atoms with van der Waals surface area (Å²) in [6.07, 6.45) is 0. The molecule has 0 rings (SSSR count). The maximum atomic E-state index is 10.5. The van der Waals surface area contributed by atoms with Crippen molar-refractivity contribution in [1.29, 1.82) is 0 Å². The first kappa shape index (κ1) is 36.3. The summed E-state index contributed by atoms with van der Waals surface area (Å²) in [6.45, 7) is 33.6. The second-order valence-electron chi connectivity index (χ2n) is 14.3. The summed E-state index contributed by atoms with van der Waals surface area (Å²) < 4.78 is 33.8. The molecule has 8 nitrogen and oxygen atoms in total. The maximum absolute atomic E-state index is 10.5. The lowest BCUT2D eigenvalue weighted by Gasteiger charge is -2.38. The van der Waals surface area contributed by atoms with Gasteiger partial charge in [-0.15, -0.1) is 0 Å². The standard InChI is InChI=1S/2C12H28O4Si/c2*1-10(2,3)14-17(13,15-11(4,5)6)16-12(7,8)9/h2*13H,1-9H3. The lowest BCUT2D eigenvalue weighted by atomic mass is 10.2. The van der Waals surface area contributed by atoms with E-state index in [-0.39, 0.29) is 0 Å². The van der Waals surface area contributed by atoms with Gasteiger partial charge in [-0.25, -0.2) is 0 Å². The third-order valence-corrected chi connectivity index (χ3v) is 7.83. The molecule has 0 aromatic carbocycles. The van der Waals surface area contributed by atoms with Gasteiger partial charge in [-0.1, -0.05) is 0 Å². The second-order valence-corrected chi connectivity index (χ2v) is 17.7. The predicted molar refractivity (Wildman–Crippen MR) is 141 cm³/mol. The third-order valence-electron chi connectivity index (χ3n) is 2.61. The normalized spacial score (nSPS) is 15.2.